The van der Waals surface area contributed by atoms with Crippen LogP contribution in [0, 0.1) is 13.8 Å². The van der Waals surface area contributed by atoms with Crippen LogP contribution in [0.3, 0.4) is 0 Å². The molecule has 1 saturated heterocycles. The first-order chi connectivity index (χ1) is 12.0. The highest BCUT2D eigenvalue weighted by molar-refractivity contribution is 7.21. The summed E-state index contributed by atoms with van der Waals surface area (Å²) in [5, 5.41) is 3.96. The average molecular weight is 353 g/mol. The molecule has 1 aliphatic heterocycles. The van der Waals surface area contributed by atoms with E-state index >= 15 is 0 Å². The van der Waals surface area contributed by atoms with Gasteiger partial charge in [0.25, 0.3) is 5.91 Å². The number of anilines is 2. The number of carbonyl (C=O) groups excluding carboxylic acids is 1. The first kappa shape index (κ1) is 15.8. The van der Waals surface area contributed by atoms with E-state index in [-0.39, 0.29) is 11.9 Å². The summed E-state index contributed by atoms with van der Waals surface area (Å²) in [6.07, 6.45) is 3.59. The number of aryl methyl sites for hydroxylation is 2. The summed E-state index contributed by atoms with van der Waals surface area (Å²) >= 11 is 1.36. The van der Waals surface area contributed by atoms with Crippen molar-refractivity contribution in [3.63, 3.8) is 0 Å². The Morgan fingerprint density at radius 1 is 1.40 bits per heavy atom. The van der Waals surface area contributed by atoms with Gasteiger partial charge in [-0.1, -0.05) is 0 Å². The Bertz CT molecular complexity index is 947. The van der Waals surface area contributed by atoms with E-state index in [0.717, 1.165) is 40.3 Å². The second kappa shape index (κ2) is 6.00. The van der Waals surface area contributed by atoms with Gasteiger partial charge >= 0.3 is 0 Å². The molecule has 1 fully saturated rings. The van der Waals surface area contributed by atoms with Gasteiger partial charge in [-0.3, -0.25) is 9.78 Å². The zero-order chi connectivity index (χ0) is 17.6. The molecule has 25 heavy (non-hydrogen) atoms. The lowest BCUT2D eigenvalue weighted by atomic mass is 10.1. The van der Waals surface area contributed by atoms with Crippen molar-refractivity contribution in [3.8, 4) is 0 Å². The van der Waals surface area contributed by atoms with E-state index in [4.69, 9.17) is 5.73 Å². The standard InChI is InChI=1S/C18H19N5OS/c1-10-6-11(2)21-18-14(10)15(19)16(25-18)17(24)22-12-8-23(9-12)13-4-3-5-20-7-13/h3-7,12H,8-9,19H2,1-2H3,(H,22,24). The SMILES string of the molecule is Cc1cc(C)c2c(N)c(C(=O)NC3CN(c4cccnc4)C3)sc2n1. The quantitative estimate of drug-likeness (QED) is 0.756. The number of aromatic nitrogens is 2. The third kappa shape index (κ3) is 2.80. The van der Waals surface area contributed by atoms with E-state index in [0.29, 0.717) is 10.6 Å². The fourth-order valence-corrected chi connectivity index (χ4v) is 4.33. The number of pyridine rings is 2. The van der Waals surface area contributed by atoms with Crippen LogP contribution in [0.25, 0.3) is 10.2 Å². The summed E-state index contributed by atoms with van der Waals surface area (Å²) in [5.74, 6) is -0.117. The Hall–Kier alpha value is -2.67. The smallest absolute Gasteiger partial charge is 0.263 e. The summed E-state index contributed by atoms with van der Waals surface area (Å²) < 4.78 is 0. The number of nitrogen functional groups attached to an aromatic ring is 1. The number of hydrogen-bond donors (Lipinski definition) is 2. The molecule has 0 unspecified atom stereocenters. The number of nitrogens with one attached hydrogen (secondary N) is 1. The molecule has 3 N–H and O–H groups in total. The first-order valence-corrected chi connectivity index (χ1v) is 8.96. The van der Waals surface area contributed by atoms with Crippen molar-refractivity contribution in [2.45, 2.75) is 19.9 Å². The van der Waals surface area contributed by atoms with E-state index in [1.165, 1.54) is 11.3 Å². The van der Waals surface area contributed by atoms with Crippen LogP contribution in [-0.4, -0.2) is 35.0 Å². The second-order valence-corrected chi connectivity index (χ2v) is 7.39. The molecule has 4 rings (SSSR count). The summed E-state index contributed by atoms with van der Waals surface area (Å²) in [4.78, 5) is 24.8. The molecule has 0 aromatic carbocycles. The molecule has 128 valence electrons. The van der Waals surface area contributed by atoms with Gasteiger partial charge in [-0.05, 0) is 37.6 Å². The highest BCUT2D eigenvalue weighted by Gasteiger charge is 2.30. The molecule has 0 saturated carbocycles. The Morgan fingerprint density at radius 2 is 2.20 bits per heavy atom. The lowest BCUT2D eigenvalue weighted by Crippen LogP contribution is -2.59. The van der Waals surface area contributed by atoms with Gasteiger partial charge < -0.3 is 16.0 Å². The van der Waals surface area contributed by atoms with Gasteiger partial charge in [-0.15, -0.1) is 11.3 Å². The van der Waals surface area contributed by atoms with Gasteiger partial charge in [0, 0.05) is 30.4 Å². The number of nitrogens with two attached hydrogens (primary N) is 1. The molecule has 0 bridgehead atoms. The number of hydrogen-bond acceptors (Lipinski definition) is 6. The van der Waals surface area contributed by atoms with E-state index in [2.05, 4.69) is 20.2 Å². The maximum Gasteiger partial charge on any atom is 0.263 e. The fourth-order valence-electron chi connectivity index (χ4n) is 3.21. The zero-order valence-electron chi connectivity index (χ0n) is 14.1. The van der Waals surface area contributed by atoms with Crippen molar-refractivity contribution in [2.75, 3.05) is 23.7 Å². The maximum absolute atomic E-state index is 12.6. The molecule has 6 nitrogen and oxygen atoms in total. The highest BCUT2D eigenvalue weighted by atomic mass is 32.1. The van der Waals surface area contributed by atoms with Crippen molar-refractivity contribution in [1.29, 1.82) is 0 Å². The fraction of sp³-hybridized carbons (Fsp3) is 0.278. The molecule has 3 aromatic rings. The molecule has 3 aromatic heterocycles. The zero-order valence-corrected chi connectivity index (χ0v) is 14.9. The van der Waals surface area contributed by atoms with Gasteiger partial charge in [0.1, 0.15) is 9.71 Å². The Morgan fingerprint density at radius 3 is 2.92 bits per heavy atom. The van der Waals surface area contributed by atoms with E-state index < -0.39 is 0 Å². The highest BCUT2D eigenvalue weighted by Crippen LogP contribution is 2.35. The van der Waals surface area contributed by atoms with Crippen molar-refractivity contribution >= 4 is 38.8 Å². The van der Waals surface area contributed by atoms with Gasteiger partial charge in [-0.25, -0.2) is 4.98 Å². The minimum atomic E-state index is -0.117. The lowest BCUT2D eigenvalue weighted by molar-refractivity contribution is 0.0935. The van der Waals surface area contributed by atoms with Crippen LogP contribution in [0.15, 0.2) is 30.6 Å². The van der Waals surface area contributed by atoms with Crippen LogP contribution in [0.1, 0.15) is 20.9 Å². The number of amides is 1. The minimum Gasteiger partial charge on any atom is -0.397 e. The molecule has 0 spiro atoms. The molecular weight excluding hydrogens is 334 g/mol. The maximum atomic E-state index is 12.6. The van der Waals surface area contributed by atoms with Crippen LogP contribution in [0.4, 0.5) is 11.4 Å². The monoisotopic (exact) mass is 353 g/mol. The molecule has 0 radical (unpaired) electrons. The predicted octanol–water partition coefficient (Wildman–Crippen LogP) is 2.51. The Balaban J connectivity index is 1.48. The van der Waals surface area contributed by atoms with Crippen molar-refractivity contribution < 1.29 is 4.79 Å². The average Bonchev–Trinajstić information content (AvgIpc) is 2.88. The molecule has 0 atom stereocenters. The van der Waals surface area contributed by atoms with Crippen molar-refractivity contribution in [3.05, 3.63) is 46.7 Å². The normalized spacial score (nSPS) is 14.6. The van der Waals surface area contributed by atoms with Gasteiger partial charge in [0.05, 0.1) is 23.6 Å². The number of nitrogens with zero attached hydrogens (tertiary/aromatic N) is 3. The minimum absolute atomic E-state index is 0.117. The summed E-state index contributed by atoms with van der Waals surface area (Å²) in [5.41, 5.74) is 9.83. The number of thiophene rings is 1. The Kier molecular flexibility index (Phi) is 3.80. The largest absolute Gasteiger partial charge is 0.397 e. The van der Waals surface area contributed by atoms with Gasteiger partial charge in [0.15, 0.2) is 0 Å². The van der Waals surface area contributed by atoms with Crippen molar-refractivity contribution in [1.82, 2.24) is 15.3 Å². The first-order valence-electron chi connectivity index (χ1n) is 8.15. The molecule has 1 amide bonds. The third-order valence-electron chi connectivity index (χ3n) is 4.46. The number of fused-ring (bicyclic) bond motifs is 1. The molecule has 1 aliphatic rings. The molecule has 4 heterocycles. The third-order valence-corrected chi connectivity index (χ3v) is 5.56. The summed E-state index contributed by atoms with van der Waals surface area (Å²) in [6, 6.07) is 6.04. The van der Waals surface area contributed by atoms with Gasteiger partial charge in [0.2, 0.25) is 0 Å². The number of rotatable bonds is 3. The molecule has 7 heteroatoms. The molecular formula is C18H19N5OS. The van der Waals surface area contributed by atoms with Crippen LogP contribution in [0.2, 0.25) is 0 Å². The summed E-state index contributed by atoms with van der Waals surface area (Å²) in [7, 11) is 0. The van der Waals surface area contributed by atoms with Gasteiger partial charge in [-0.2, -0.15) is 0 Å². The number of carbonyl (C=O) groups is 1. The Labute approximate surface area is 149 Å². The van der Waals surface area contributed by atoms with Crippen LogP contribution in [-0.2, 0) is 0 Å². The van der Waals surface area contributed by atoms with Crippen LogP contribution in [0.5, 0.6) is 0 Å². The predicted molar refractivity (Wildman–Crippen MR) is 101 cm³/mol. The second-order valence-electron chi connectivity index (χ2n) is 6.39. The molecule has 0 aliphatic carbocycles. The topological polar surface area (TPSA) is 84.1 Å². The van der Waals surface area contributed by atoms with E-state index in [1.807, 2.05) is 38.2 Å². The van der Waals surface area contributed by atoms with Crippen LogP contribution < -0.4 is 16.0 Å². The van der Waals surface area contributed by atoms with E-state index in [1.54, 1.807) is 6.20 Å². The van der Waals surface area contributed by atoms with E-state index in [9.17, 15) is 4.79 Å². The lowest BCUT2D eigenvalue weighted by Gasteiger charge is -2.41. The van der Waals surface area contributed by atoms with Crippen LogP contribution >= 0.6 is 11.3 Å². The summed E-state index contributed by atoms with van der Waals surface area (Å²) in [6.45, 7) is 5.50. The van der Waals surface area contributed by atoms with Crippen molar-refractivity contribution in [2.24, 2.45) is 0 Å².